The third-order valence-corrected chi connectivity index (χ3v) is 22.8. The van der Waals surface area contributed by atoms with Crippen LogP contribution in [-0.2, 0) is 0 Å². The average molecular weight is 1910 g/mol. The number of alkyl halides is 2. The van der Waals surface area contributed by atoms with Crippen LogP contribution in [-0.4, -0.2) is 55.7 Å². The van der Waals surface area contributed by atoms with Crippen LogP contribution in [0, 0.1) is 0 Å². The van der Waals surface area contributed by atoms with Crippen molar-refractivity contribution >= 4 is 260 Å². The molecule has 0 fully saturated rings. The second-order valence-corrected chi connectivity index (χ2v) is 31.2. The predicted octanol–water partition coefficient (Wildman–Crippen LogP) is 30.0. The zero-order valence-corrected chi connectivity index (χ0v) is 73.5. The van der Waals surface area contributed by atoms with E-state index in [1.165, 1.54) is 10.8 Å². The molecule has 0 saturated heterocycles. The molecule has 1 radical (unpaired) electrons. The molecule has 0 spiro atoms. The Hall–Kier alpha value is -13.3. The van der Waals surface area contributed by atoms with E-state index in [2.05, 4.69) is 86.9 Å². The number of fused-ring (bicyclic) bond motifs is 18. The summed E-state index contributed by atoms with van der Waals surface area (Å²) in [5, 5.41) is 50.6. The van der Waals surface area contributed by atoms with Crippen LogP contribution in [0.3, 0.4) is 0 Å². The van der Waals surface area contributed by atoms with Gasteiger partial charge in [-0.15, -0.1) is 23.2 Å². The topological polar surface area (TPSA) is 93.3 Å². The van der Waals surface area contributed by atoms with Crippen LogP contribution in [0.25, 0.3) is 195 Å². The van der Waals surface area contributed by atoms with Gasteiger partial charge in [-0.1, -0.05) is 450 Å². The van der Waals surface area contributed by atoms with E-state index in [9.17, 15) is 15.5 Å². The van der Waals surface area contributed by atoms with Crippen molar-refractivity contribution in [2.75, 3.05) is 5.34 Å². The normalized spacial score (nSPS) is 14.4. The van der Waals surface area contributed by atoms with Crippen molar-refractivity contribution in [1.82, 2.24) is 0 Å². The zero-order valence-electron chi connectivity index (χ0n) is 102. The van der Waals surface area contributed by atoms with Gasteiger partial charge < -0.3 is 20.1 Å². The molecule has 4 N–H and O–H groups in total. The first-order valence-electron chi connectivity index (χ1n) is 56.9. The first kappa shape index (κ1) is 57.7. The van der Waals surface area contributed by atoms with Gasteiger partial charge in [0.25, 0.3) is 0 Å². The molecule has 0 amide bonds. The van der Waals surface area contributed by atoms with Gasteiger partial charge in [0.2, 0.25) is 0 Å². The molecule has 24 aromatic carbocycles. The van der Waals surface area contributed by atoms with Crippen LogP contribution in [0.1, 0.15) is 46.6 Å². The summed E-state index contributed by atoms with van der Waals surface area (Å²) in [5.74, 6) is 0. The molecule has 0 aliphatic carbocycles. The Balaban J connectivity index is 0.000000143. The molecule has 0 heterocycles. The summed E-state index contributed by atoms with van der Waals surface area (Å²) in [6, 6.07) is 66.5. The van der Waals surface area contributed by atoms with E-state index in [0.29, 0.717) is 49.9 Å². The number of nitrogens with zero attached hydrogens (tertiary/aromatic N) is 1. The number of hydrogen-bond donors (Lipinski definition) is 5. The standard InChI is InChI=1S/C38H24.C20H13Br.C20H14.C18H13BO2.C14H9Br.C6H7BO2.CH2Cl2.BHNS.BH4/c1-2-13-26(14-3-1)36-31-18-8-10-20-33(31)38(34-21-11-9-19-32(34)36)35-24-27-23-22-25-12-4-5-15-28(25)37(27)30-17-7-6-16-29(30)35;21-20-17-12-6-4-10-15(17)19(14-8-2-1-3-9-14)16-11-5-7-13-18(16)20;1-2-8-15(9-3-1)20-18-12-6-4-10-16(18)14-17-11-5-7-13-19(17)20;20-19(21)17-11-13-10-9-12-5-1-2-6-14(12)18(13)16-8-4-3-7-15(16)17;15-14-12-7-3-1-5-10(12)9-11-6-2-4-8-13(11)14;8-7(9)6-4-2-1-3-5-6;2-1-3;1-2-3;/h1-24H;1-13H;1-14H;1-11,20-21H;1-9H;1-5,8-9H;1H2;3H;1H4/q;;;;;;;;-1/i8D,9D,10D,11D,18D,19D,20D,21D;4D,5D,6D,7D,10D,11D,12D,13D;4D,5D,6D,7D,10D,11D,12D,13D,14D;;1D,2D,3D,4D,5D,6D,7D,8D,9D;;;;. The van der Waals surface area contributed by atoms with Crippen molar-refractivity contribution in [2.24, 2.45) is 4.30 Å². The second-order valence-electron chi connectivity index (χ2n) is 28.6. The Morgan fingerprint density at radius 3 is 0.908 bits per heavy atom. The van der Waals surface area contributed by atoms with E-state index in [0.717, 1.165) is 53.9 Å². The fourth-order valence-corrected chi connectivity index (χ4v) is 17.0. The van der Waals surface area contributed by atoms with Crippen molar-refractivity contribution in [1.29, 1.82) is 0 Å². The van der Waals surface area contributed by atoms with Gasteiger partial charge in [0.15, 0.2) is 0 Å². The van der Waals surface area contributed by atoms with Crippen LogP contribution in [0.2, 0.25) is 0 Å². The van der Waals surface area contributed by atoms with E-state index in [1.54, 1.807) is 109 Å². The minimum absolute atomic E-state index is 0. The van der Waals surface area contributed by atoms with Gasteiger partial charge in [0.05, 0.1) is 51.9 Å². The van der Waals surface area contributed by atoms with Crippen LogP contribution in [0.15, 0.2) is 473 Å². The number of hydrogen-bond acceptors (Lipinski definition) is 6. The van der Waals surface area contributed by atoms with E-state index < -0.39 is 135 Å². The first-order valence-corrected chi connectivity index (χ1v) is 43.0. The fourth-order valence-electron chi connectivity index (χ4n) is 15.8. The minimum atomic E-state index is -1.47. The molecule has 0 bridgehead atoms. The molecule has 14 heteroatoms. The molecule has 0 aliphatic heterocycles. The van der Waals surface area contributed by atoms with Crippen molar-refractivity contribution in [3.8, 4) is 44.5 Å². The zero-order chi connectivity index (χ0) is 119. The number of thiol groups is 1. The molecule has 0 unspecified atom stereocenters. The van der Waals surface area contributed by atoms with E-state index in [-0.39, 0.29) is 199 Å². The summed E-state index contributed by atoms with van der Waals surface area (Å²) in [4.78, 5) is 0. The first-order chi connectivity index (χ1) is 78.1. The van der Waals surface area contributed by atoms with Gasteiger partial charge >= 0.3 is 39.0 Å². The molecule has 5 nitrogen and oxygen atoms in total. The summed E-state index contributed by atoms with van der Waals surface area (Å²) < 4.78 is 287. The van der Waals surface area contributed by atoms with Gasteiger partial charge in [0.1, 0.15) is 0 Å². The van der Waals surface area contributed by atoms with E-state index in [1.807, 2.05) is 115 Å². The monoisotopic (exact) mass is 1910 g/mol. The number of benzene rings is 24. The quantitative estimate of drug-likeness (QED) is 0.0377. The Kier molecular flexibility index (Phi) is 18.9. The summed E-state index contributed by atoms with van der Waals surface area (Å²) >= 11 is 19.3. The van der Waals surface area contributed by atoms with Gasteiger partial charge in [-0.2, -0.15) is 0 Å². The molecule has 631 valence electrons. The van der Waals surface area contributed by atoms with Crippen LogP contribution >= 0.6 is 67.9 Å². The average Bonchev–Trinajstić information content (AvgIpc) is 0.688. The summed E-state index contributed by atoms with van der Waals surface area (Å²) in [6.07, 6.45) is 0. The number of halogens is 4. The van der Waals surface area contributed by atoms with Gasteiger partial charge in [-0.05, 0) is 256 Å². The summed E-state index contributed by atoms with van der Waals surface area (Å²) in [6.45, 7) is 0. The molecular formula is C117H87B4Br2Cl2NO4S-. The van der Waals surface area contributed by atoms with Crippen LogP contribution in [0.5, 0.6) is 0 Å². The molecule has 24 rings (SSSR count). The van der Waals surface area contributed by atoms with Crippen LogP contribution in [0.4, 0.5) is 0 Å². The Bertz CT molecular complexity index is 9800. The van der Waals surface area contributed by atoms with Crippen molar-refractivity contribution in [3.05, 3.63) is 469 Å². The molecule has 24 aromatic rings. The predicted molar refractivity (Wildman–Crippen MR) is 586 cm³/mol. The van der Waals surface area contributed by atoms with Gasteiger partial charge in [-0.3, -0.25) is 0 Å². The maximum absolute atomic E-state index is 9.65. The third-order valence-electron chi connectivity index (χ3n) is 21.2. The maximum atomic E-state index is 9.65. The van der Waals surface area contributed by atoms with Crippen LogP contribution < -0.4 is 10.9 Å². The molecule has 0 aromatic heterocycles. The molecule has 0 aliphatic rings. The molecule has 0 saturated carbocycles. The molecule has 131 heavy (non-hydrogen) atoms. The number of rotatable bonds is 6. The van der Waals surface area contributed by atoms with Crippen molar-refractivity contribution in [3.63, 3.8) is 0 Å². The molecular weight excluding hydrogens is 1790 g/mol. The Morgan fingerprint density at radius 2 is 0.534 bits per heavy atom. The third kappa shape index (κ3) is 19.5. The summed E-state index contributed by atoms with van der Waals surface area (Å²) in [7, 11) is 1.53. The van der Waals surface area contributed by atoms with Crippen molar-refractivity contribution < 1.29 is 66.7 Å². The van der Waals surface area contributed by atoms with Crippen molar-refractivity contribution in [2.45, 2.75) is 0 Å². The Labute approximate surface area is 845 Å². The van der Waals surface area contributed by atoms with Gasteiger partial charge in [0, 0.05) is 8.95 Å². The van der Waals surface area contributed by atoms with E-state index in [4.69, 9.17) is 74.4 Å². The SMILES string of the molecule is ClCCl.OB(O)c1cc2ccc3ccccc3c2c2ccccc12.OB(O)c1ccccc1.[2H]c1c([2H])c([2H])c2c(-c3cc4ccc5ccccc5c4c4ccccc34)c3c([2H])c([2H])c([2H])c([2H])c3c(-c3ccccc3)c2c1[2H].[2H]c1c([2H])c([2H])c2c(-c3ccccc3)c3c([2H])c([2H])c([2H])c([2H])c3c(Br)c2c1[2H].[2H]c1c([2H])c([2H])c2c(-c3ccccc3)c3c([2H])c([2H])c([2H])c([2H])c3c([2H])c2c1[2H].[2H]c1c([2H])c([2H])c2c(Br)c3c([2H])c([2H])c([2H])c([2H])c3c([2H])c2c1[2H].[BH4-].[B]=NS. The van der Waals surface area contributed by atoms with Gasteiger partial charge in [-0.25, -0.2) is 0 Å². The summed E-state index contributed by atoms with van der Waals surface area (Å²) in [5.41, 5.74) is 4.77. The second kappa shape index (κ2) is 43.0. The fraction of sp³-hybridized carbons (Fsp3) is 0.00855. The van der Waals surface area contributed by atoms with E-state index >= 15 is 0 Å². The molecule has 0 atom stereocenters. The Morgan fingerprint density at radius 1 is 0.275 bits per heavy atom.